The Morgan fingerprint density at radius 2 is 2.17 bits per heavy atom. The number of aromatic nitrogens is 2. The van der Waals surface area contributed by atoms with Gasteiger partial charge >= 0.3 is 0 Å². The normalized spacial score (nSPS) is 18.4. The number of likely N-dealkylation sites (tertiary alicyclic amines) is 1. The molecule has 0 amide bonds. The lowest BCUT2D eigenvalue weighted by Gasteiger charge is -2.13. The molecule has 3 rings (SSSR count). The summed E-state index contributed by atoms with van der Waals surface area (Å²) in [5, 5.41) is 7.59. The Hall–Kier alpha value is -1.88. The third-order valence-electron chi connectivity index (χ3n) is 4.33. The molecular weight excluding hydrogens is 293 g/mol. The number of benzene rings is 1. The van der Waals surface area contributed by atoms with Gasteiger partial charge in [-0.2, -0.15) is 5.10 Å². The second-order valence-electron chi connectivity index (χ2n) is 6.16. The average molecular weight is 317 g/mol. The van der Waals surface area contributed by atoms with Crippen molar-refractivity contribution in [3.05, 3.63) is 47.5 Å². The topological polar surface area (TPSA) is 41.1 Å². The van der Waals surface area contributed by atoms with Crippen LogP contribution < -0.4 is 4.74 Å². The lowest BCUT2D eigenvalue weighted by Crippen LogP contribution is -2.20. The fraction of sp³-hybridized carbons (Fsp3) is 0.500. The molecule has 1 aliphatic heterocycles. The van der Waals surface area contributed by atoms with Gasteiger partial charge in [0.05, 0.1) is 12.3 Å². The van der Waals surface area contributed by atoms with Crippen molar-refractivity contribution in [1.29, 1.82) is 0 Å². The van der Waals surface area contributed by atoms with E-state index < -0.39 is 0 Å². The zero-order valence-corrected chi connectivity index (χ0v) is 13.6. The van der Waals surface area contributed by atoms with Gasteiger partial charge in [-0.25, -0.2) is 4.39 Å². The summed E-state index contributed by atoms with van der Waals surface area (Å²) in [5.41, 5.74) is 2.26. The van der Waals surface area contributed by atoms with Crippen molar-refractivity contribution < 1.29 is 9.13 Å². The highest BCUT2D eigenvalue weighted by Crippen LogP contribution is 2.26. The molecule has 4 nitrogen and oxygen atoms in total. The Morgan fingerprint density at radius 3 is 2.96 bits per heavy atom. The molecule has 2 heterocycles. The minimum Gasteiger partial charge on any atom is -0.493 e. The number of hydrogen-bond acceptors (Lipinski definition) is 3. The molecule has 2 aromatic rings. The van der Waals surface area contributed by atoms with Crippen LogP contribution in [0.25, 0.3) is 0 Å². The summed E-state index contributed by atoms with van der Waals surface area (Å²) in [6.07, 6.45) is 3.17. The maximum absolute atomic E-state index is 12.8. The fourth-order valence-corrected chi connectivity index (χ4v) is 3.12. The van der Waals surface area contributed by atoms with Gasteiger partial charge in [-0.1, -0.05) is 6.92 Å². The minimum atomic E-state index is -0.246. The Labute approximate surface area is 136 Å². The van der Waals surface area contributed by atoms with Gasteiger partial charge in [0.2, 0.25) is 0 Å². The molecule has 1 fully saturated rings. The Kier molecular flexibility index (Phi) is 5.28. The van der Waals surface area contributed by atoms with E-state index in [1.807, 2.05) is 0 Å². The van der Waals surface area contributed by atoms with E-state index in [2.05, 4.69) is 28.1 Å². The van der Waals surface area contributed by atoms with Crippen LogP contribution in [0.1, 0.15) is 37.1 Å². The molecular formula is C18H24FN3O. The summed E-state index contributed by atoms with van der Waals surface area (Å²) in [6.45, 7) is 6.25. The van der Waals surface area contributed by atoms with Crippen LogP contribution >= 0.6 is 0 Å². The summed E-state index contributed by atoms with van der Waals surface area (Å²) in [7, 11) is 0. The first-order chi connectivity index (χ1) is 11.2. The van der Waals surface area contributed by atoms with Gasteiger partial charge in [-0.15, -0.1) is 0 Å². The lowest BCUT2D eigenvalue weighted by atomic mass is 10.0. The molecule has 1 atom stereocenters. The number of nitrogens with zero attached hydrogens (tertiary/aromatic N) is 2. The van der Waals surface area contributed by atoms with E-state index in [0.29, 0.717) is 18.3 Å². The van der Waals surface area contributed by atoms with Crippen molar-refractivity contribution in [3.8, 4) is 5.75 Å². The van der Waals surface area contributed by atoms with E-state index in [1.54, 1.807) is 12.1 Å². The van der Waals surface area contributed by atoms with E-state index in [-0.39, 0.29) is 5.82 Å². The maximum atomic E-state index is 12.8. The number of rotatable bonds is 7. The van der Waals surface area contributed by atoms with Gasteiger partial charge < -0.3 is 9.64 Å². The molecule has 1 saturated heterocycles. The molecule has 23 heavy (non-hydrogen) atoms. The zero-order valence-electron chi connectivity index (χ0n) is 13.6. The third kappa shape index (κ3) is 4.32. The maximum Gasteiger partial charge on any atom is 0.123 e. The van der Waals surface area contributed by atoms with E-state index in [1.165, 1.54) is 43.8 Å². The molecule has 5 heteroatoms. The van der Waals surface area contributed by atoms with Crippen LogP contribution in [-0.4, -0.2) is 41.3 Å². The van der Waals surface area contributed by atoms with Crippen molar-refractivity contribution in [1.82, 2.24) is 15.1 Å². The number of aromatic amines is 1. The summed E-state index contributed by atoms with van der Waals surface area (Å²) in [6, 6.07) is 8.27. The molecule has 0 aliphatic carbocycles. The largest absolute Gasteiger partial charge is 0.493 e. The number of hydrogen-bond donors (Lipinski definition) is 1. The summed E-state index contributed by atoms with van der Waals surface area (Å²) in [4.78, 5) is 2.51. The minimum absolute atomic E-state index is 0.246. The van der Waals surface area contributed by atoms with Crippen molar-refractivity contribution in [2.45, 2.75) is 32.1 Å². The second-order valence-corrected chi connectivity index (χ2v) is 6.16. The first-order valence-electron chi connectivity index (χ1n) is 8.39. The number of ether oxygens (including phenoxy) is 1. The molecule has 0 bridgehead atoms. The van der Waals surface area contributed by atoms with Gasteiger partial charge in [-0.3, -0.25) is 5.10 Å². The van der Waals surface area contributed by atoms with Gasteiger partial charge in [-0.05, 0) is 56.3 Å². The smallest absolute Gasteiger partial charge is 0.123 e. The van der Waals surface area contributed by atoms with E-state index in [0.717, 1.165) is 18.7 Å². The van der Waals surface area contributed by atoms with Gasteiger partial charge in [0.1, 0.15) is 11.6 Å². The van der Waals surface area contributed by atoms with E-state index >= 15 is 0 Å². The molecule has 124 valence electrons. The van der Waals surface area contributed by atoms with Crippen LogP contribution in [0, 0.1) is 5.82 Å². The lowest BCUT2D eigenvalue weighted by molar-refractivity contribution is 0.320. The monoisotopic (exact) mass is 317 g/mol. The molecule has 0 saturated carbocycles. The second kappa shape index (κ2) is 7.59. The number of halogens is 1. The van der Waals surface area contributed by atoms with Crippen LogP contribution in [0.4, 0.5) is 4.39 Å². The van der Waals surface area contributed by atoms with E-state index in [9.17, 15) is 4.39 Å². The fourth-order valence-electron chi connectivity index (χ4n) is 3.12. The Morgan fingerprint density at radius 1 is 1.35 bits per heavy atom. The summed E-state index contributed by atoms with van der Waals surface area (Å²) in [5.74, 6) is 0.992. The number of H-pyrrole nitrogens is 1. The molecule has 1 aromatic heterocycles. The Bertz CT molecular complexity index is 611. The Balaban J connectivity index is 1.47. The highest BCUT2D eigenvalue weighted by Gasteiger charge is 2.25. The summed E-state index contributed by atoms with van der Waals surface area (Å²) < 4.78 is 18.5. The average Bonchev–Trinajstić information content (AvgIpc) is 3.19. The van der Waals surface area contributed by atoms with Crippen molar-refractivity contribution in [2.24, 2.45) is 0 Å². The highest BCUT2D eigenvalue weighted by molar-refractivity contribution is 5.22. The van der Waals surface area contributed by atoms with Gasteiger partial charge in [0.25, 0.3) is 0 Å². The highest BCUT2D eigenvalue weighted by atomic mass is 19.1. The molecule has 0 radical (unpaired) electrons. The predicted octanol–water partition coefficient (Wildman–Crippen LogP) is 3.37. The SMILES string of the molecule is CCCN1CC[C@@H](c2cc(CCOc3ccc(F)cc3)[nH]n2)C1. The molecule has 1 aliphatic rings. The van der Waals surface area contributed by atoms with Crippen molar-refractivity contribution in [3.63, 3.8) is 0 Å². The standard InChI is InChI=1S/C18H24FN3O/c1-2-9-22-10-7-14(13-22)18-12-16(20-21-18)8-11-23-17-5-3-15(19)4-6-17/h3-6,12,14H,2,7-11,13H2,1H3,(H,20,21)/t14-/m1/s1. The molecule has 1 aromatic carbocycles. The first kappa shape index (κ1) is 16.0. The molecule has 0 spiro atoms. The quantitative estimate of drug-likeness (QED) is 0.851. The van der Waals surface area contributed by atoms with E-state index in [4.69, 9.17) is 4.74 Å². The van der Waals surface area contributed by atoms with Crippen LogP contribution in [-0.2, 0) is 6.42 Å². The van der Waals surface area contributed by atoms with Crippen LogP contribution in [0.15, 0.2) is 30.3 Å². The van der Waals surface area contributed by atoms with Crippen molar-refractivity contribution in [2.75, 3.05) is 26.2 Å². The molecule has 1 N–H and O–H groups in total. The van der Waals surface area contributed by atoms with Gasteiger partial charge in [0.15, 0.2) is 0 Å². The number of nitrogens with one attached hydrogen (secondary N) is 1. The van der Waals surface area contributed by atoms with Crippen LogP contribution in [0.2, 0.25) is 0 Å². The van der Waals surface area contributed by atoms with Crippen molar-refractivity contribution >= 4 is 0 Å². The first-order valence-corrected chi connectivity index (χ1v) is 8.39. The predicted molar refractivity (Wildman–Crippen MR) is 88.3 cm³/mol. The molecule has 0 unspecified atom stereocenters. The van der Waals surface area contributed by atoms with Crippen LogP contribution in [0.3, 0.4) is 0 Å². The van der Waals surface area contributed by atoms with Crippen LogP contribution in [0.5, 0.6) is 5.75 Å². The third-order valence-corrected chi connectivity index (χ3v) is 4.33. The summed E-state index contributed by atoms with van der Waals surface area (Å²) >= 11 is 0. The van der Waals surface area contributed by atoms with Gasteiger partial charge in [0, 0.05) is 24.6 Å². The zero-order chi connectivity index (χ0) is 16.1.